The molecule has 0 bridgehead atoms. The highest BCUT2D eigenvalue weighted by molar-refractivity contribution is 5.28. The maximum atomic E-state index is 3.81. The van der Waals surface area contributed by atoms with Crippen LogP contribution in [0.25, 0.3) is 0 Å². The van der Waals surface area contributed by atoms with Crippen LogP contribution in [0.2, 0.25) is 0 Å². The van der Waals surface area contributed by atoms with Crippen molar-refractivity contribution in [1.82, 2.24) is 0 Å². The van der Waals surface area contributed by atoms with Crippen LogP contribution in [0, 0.1) is 0 Å². The molecule has 0 nitrogen and oxygen atoms in total. The summed E-state index contributed by atoms with van der Waals surface area (Å²) in [5, 5.41) is 0. The Balaban J connectivity index is 3.78. The lowest BCUT2D eigenvalue weighted by molar-refractivity contribution is 1.65. The first-order chi connectivity index (χ1) is 4.81. The first-order valence-electron chi connectivity index (χ1n) is 3.42. The predicted molar refractivity (Wildman–Crippen MR) is 47.9 cm³/mol. The van der Waals surface area contributed by atoms with Gasteiger partial charge in [0.1, 0.15) is 0 Å². The van der Waals surface area contributed by atoms with E-state index in [9.17, 15) is 0 Å². The average molecular weight is 134 g/mol. The highest BCUT2D eigenvalue weighted by Crippen LogP contribution is 1.94. The van der Waals surface area contributed by atoms with Crippen molar-refractivity contribution in [1.29, 1.82) is 0 Å². The minimum Gasteiger partial charge on any atom is -0.0918 e. The molecular weight excluding hydrogens is 120 g/mol. The van der Waals surface area contributed by atoms with Crippen molar-refractivity contribution in [3.05, 3.63) is 48.6 Å². The smallest absolute Gasteiger partial charge is 0.0332 e. The Morgan fingerprint density at radius 3 is 2.20 bits per heavy atom. The Morgan fingerprint density at radius 1 is 1.00 bits per heavy atom. The molecule has 0 N–H and O–H groups in total. The van der Waals surface area contributed by atoms with Crippen LogP contribution in [0.5, 0.6) is 0 Å². The molecule has 10 heavy (non-hydrogen) atoms. The molecule has 0 atom stereocenters. The molecule has 0 spiro atoms. The van der Waals surface area contributed by atoms with Crippen molar-refractivity contribution in [2.75, 3.05) is 0 Å². The van der Waals surface area contributed by atoms with Gasteiger partial charge in [0, 0.05) is 0 Å². The minimum atomic E-state index is 1.03. The zero-order valence-electron chi connectivity index (χ0n) is 6.67. The Bertz CT molecular complexity index is 168. The van der Waals surface area contributed by atoms with E-state index in [0.29, 0.717) is 0 Å². The average Bonchev–Trinajstić information content (AvgIpc) is 1.89. The molecule has 0 aliphatic rings. The summed E-state index contributed by atoms with van der Waals surface area (Å²) in [6, 6.07) is 0. The highest BCUT2D eigenvalue weighted by atomic mass is 13.8. The van der Waals surface area contributed by atoms with Gasteiger partial charge in [-0.2, -0.15) is 0 Å². The molecule has 0 aromatic carbocycles. The van der Waals surface area contributed by atoms with Crippen molar-refractivity contribution in [2.24, 2.45) is 0 Å². The van der Waals surface area contributed by atoms with E-state index in [0.717, 1.165) is 5.57 Å². The van der Waals surface area contributed by atoms with E-state index in [1.54, 1.807) is 0 Å². The third-order valence-corrected chi connectivity index (χ3v) is 0.995. The molecule has 0 saturated carbocycles. The predicted octanol–water partition coefficient (Wildman–Crippen LogP) is 3.25. The molecule has 0 fully saturated rings. The number of hydrogen-bond acceptors (Lipinski definition) is 0. The van der Waals surface area contributed by atoms with E-state index in [-0.39, 0.29) is 0 Å². The molecule has 0 heterocycles. The molecule has 0 unspecified atom stereocenters. The van der Waals surface area contributed by atoms with Crippen LogP contribution < -0.4 is 0 Å². The van der Waals surface area contributed by atoms with Gasteiger partial charge < -0.3 is 0 Å². The molecule has 0 radical (unpaired) electrons. The van der Waals surface area contributed by atoms with Crippen LogP contribution in [-0.2, 0) is 0 Å². The monoisotopic (exact) mass is 134 g/mol. The lowest BCUT2D eigenvalue weighted by Crippen LogP contribution is -1.62. The highest BCUT2D eigenvalue weighted by Gasteiger charge is 1.73. The maximum absolute atomic E-state index is 3.81. The van der Waals surface area contributed by atoms with E-state index >= 15 is 0 Å². The summed E-state index contributed by atoms with van der Waals surface area (Å²) >= 11 is 0. The zero-order valence-corrected chi connectivity index (χ0v) is 6.67. The van der Waals surface area contributed by atoms with Gasteiger partial charge in [-0.3, -0.25) is 0 Å². The van der Waals surface area contributed by atoms with Gasteiger partial charge in [0.2, 0.25) is 0 Å². The van der Waals surface area contributed by atoms with Crippen LogP contribution in [0.1, 0.15) is 13.8 Å². The van der Waals surface area contributed by atoms with E-state index in [4.69, 9.17) is 0 Å². The largest absolute Gasteiger partial charge is 0.0918 e. The SMILES string of the molecule is C=C(C=CC)C=CC=CC. The first kappa shape index (κ1) is 8.96. The molecule has 0 aromatic heterocycles. The topological polar surface area (TPSA) is 0 Å². The Kier molecular flexibility index (Phi) is 5.45. The van der Waals surface area contributed by atoms with Crippen molar-refractivity contribution >= 4 is 0 Å². The van der Waals surface area contributed by atoms with E-state index < -0.39 is 0 Å². The van der Waals surface area contributed by atoms with Gasteiger partial charge in [-0.05, 0) is 19.4 Å². The van der Waals surface area contributed by atoms with Crippen molar-refractivity contribution in [3.63, 3.8) is 0 Å². The van der Waals surface area contributed by atoms with Crippen LogP contribution in [-0.4, -0.2) is 0 Å². The van der Waals surface area contributed by atoms with Gasteiger partial charge in [0.15, 0.2) is 0 Å². The Morgan fingerprint density at radius 2 is 1.70 bits per heavy atom. The van der Waals surface area contributed by atoms with Crippen molar-refractivity contribution in [2.45, 2.75) is 13.8 Å². The van der Waals surface area contributed by atoms with Gasteiger partial charge in [0.25, 0.3) is 0 Å². The summed E-state index contributed by atoms with van der Waals surface area (Å²) in [5.74, 6) is 0. The number of hydrogen-bond donors (Lipinski definition) is 0. The first-order valence-corrected chi connectivity index (χ1v) is 3.42. The molecule has 0 aliphatic carbocycles. The fourth-order valence-electron chi connectivity index (χ4n) is 0.560. The van der Waals surface area contributed by atoms with Crippen molar-refractivity contribution < 1.29 is 0 Å². The van der Waals surface area contributed by atoms with E-state index in [2.05, 4.69) is 6.58 Å². The molecule has 0 rings (SSSR count). The lowest BCUT2D eigenvalue weighted by Gasteiger charge is -1.83. The second kappa shape index (κ2) is 6.09. The molecule has 0 aromatic rings. The van der Waals surface area contributed by atoms with Gasteiger partial charge >= 0.3 is 0 Å². The molecule has 0 heteroatoms. The van der Waals surface area contributed by atoms with Gasteiger partial charge in [-0.25, -0.2) is 0 Å². The zero-order chi connectivity index (χ0) is 7.82. The van der Waals surface area contributed by atoms with Gasteiger partial charge in [0.05, 0.1) is 0 Å². The molecular formula is C10H14. The lowest BCUT2D eigenvalue weighted by atomic mass is 10.2. The number of rotatable bonds is 3. The van der Waals surface area contributed by atoms with E-state index in [1.165, 1.54) is 0 Å². The molecule has 0 saturated heterocycles. The summed E-state index contributed by atoms with van der Waals surface area (Å²) in [6.45, 7) is 7.78. The normalized spacial score (nSPS) is 12.2. The maximum Gasteiger partial charge on any atom is -0.0332 e. The second-order valence-corrected chi connectivity index (χ2v) is 1.96. The number of allylic oxidation sites excluding steroid dienone is 7. The summed E-state index contributed by atoms with van der Waals surface area (Å²) < 4.78 is 0. The third kappa shape index (κ3) is 5.10. The Labute approximate surface area is 63.3 Å². The van der Waals surface area contributed by atoms with Crippen LogP contribution in [0.3, 0.4) is 0 Å². The quantitative estimate of drug-likeness (QED) is 0.520. The summed E-state index contributed by atoms with van der Waals surface area (Å²) in [7, 11) is 0. The molecule has 0 aliphatic heterocycles. The van der Waals surface area contributed by atoms with Gasteiger partial charge in [-0.1, -0.05) is 43.0 Å². The third-order valence-electron chi connectivity index (χ3n) is 0.995. The van der Waals surface area contributed by atoms with E-state index in [1.807, 2.05) is 50.3 Å². The Hall–Kier alpha value is -1.04. The summed E-state index contributed by atoms with van der Waals surface area (Å²) in [6.07, 6.45) is 11.9. The standard InChI is InChI=1S/C10H14/c1-4-6-7-9-10(3)8-5-2/h4-9H,3H2,1-2H3. The molecule has 0 amide bonds. The fraction of sp³-hybridized carbons (Fsp3) is 0.200. The summed E-state index contributed by atoms with van der Waals surface area (Å²) in [4.78, 5) is 0. The van der Waals surface area contributed by atoms with Crippen molar-refractivity contribution in [3.8, 4) is 0 Å². The van der Waals surface area contributed by atoms with Crippen LogP contribution >= 0.6 is 0 Å². The summed E-state index contributed by atoms with van der Waals surface area (Å²) in [5.41, 5.74) is 1.03. The van der Waals surface area contributed by atoms with Crippen LogP contribution in [0.15, 0.2) is 48.6 Å². The fourth-order valence-corrected chi connectivity index (χ4v) is 0.560. The van der Waals surface area contributed by atoms with Gasteiger partial charge in [-0.15, -0.1) is 0 Å². The van der Waals surface area contributed by atoms with Crippen LogP contribution in [0.4, 0.5) is 0 Å². The second-order valence-electron chi connectivity index (χ2n) is 1.96. The minimum absolute atomic E-state index is 1.03. The molecule has 54 valence electrons.